The molecule has 0 bridgehead atoms. The van der Waals surface area contributed by atoms with Crippen LogP contribution in [0.25, 0.3) is 0 Å². The maximum atomic E-state index is 12.5. The van der Waals surface area contributed by atoms with Gasteiger partial charge in [-0.3, -0.25) is 10.1 Å². The van der Waals surface area contributed by atoms with E-state index in [0.29, 0.717) is 11.5 Å². The summed E-state index contributed by atoms with van der Waals surface area (Å²) < 4.78 is 16.3. The summed E-state index contributed by atoms with van der Waals surface area (Å²) >= 11 is 1.53. The van der Waals surface area contributed by atoms with Crippen molar-refractivity contribution in [3.63, 3.8) is 0 Å². The quantitative estimate of drug-likeness (QED) is 0.243. The SMILES string of the molecule is COc1cc(C(=O)Oc2cc(C)ccc2[N+](=O)[O-])ccc1OCc1csc(C)n1. The van der Waals surface area contributed by atoms with E-state index in [9.17, 15) is 14.9 Å². The minimum atomic E-state index is -0.737. The summed E-state index contributed by atoms with van der Waals surface area (Å²) in [7, 11) is 1.45. The molecule has 1 aromatic heterocycles. The standard InChI is InChI=1S/C20H18N2O6S/c1-12-4-6-16(22(24)25)18(8-12)28-20(23)14-5-7-17(19(9-14)26-3)27-10-15-11-29-13(2)21-15/h4-9,11H,10H2,1-3H3. The number of nitro benzene ring substituents is 1. The van der Waals surface area contributed by atoms with Crippen LogP contribution in [0.2, 0.25) is 0 Å². The summed E-state index contributed by atoms with van der Waals surface area (Å²) in [6, 6.07) is 8.88. The van der Waals surface area contributed by atoms with Crippen LogP contribution in [0.15, 0.2) is 41.8 Å². The number of methoxy groups -OCH3 is 1. The van der Waals surface area contributed by atoms with Gasteiger partial charge in [-0.15, -0.1) is 11.3 Å². The third kappa shape index (κ3) is 4.88. The molecule has 0 unspecified atom stereocenters. The van der Waals surface area contributed by atoms with Crippen LogP contribution in [0.3, 0.4) is 0 Å². The average molecular weight is 414 g/mol. The fourth-order valence-electron chi connectivity index (χ4n) is 2.55. The molecule has 3 rings (SSSR count). The van der Waals surface area contributed by atoms with Crippen molar-refractivity contribution in [1.29, 1.82) is 0 Å². The molecule has 0 saturated carbocycles. The zero-order chi connectivity index (χ0) is 21.0. The van der Waals surface area contributed by atoms with Gasteiger partial charge in [0.15, 0.2) is 11.5 Å². The fraction of sp³-hybridized carbons (Fsp3) is 0.200. The summed E-state index contributed by atoms with van der Waals surface area (Å²) in [4.78, 5) is 27.4. The Hall–Kier alpha value is -3.46. The van der Waals surface area contributed by atoms with E-state index < -0.39 is 10.9 Å². The Balaban J connectivity index is 1.78. The van der Waals surface area contributed by atoms with E-state index in [2.05, 4.69) is 4.98 Å². The average Bonchev–Trinajstić information content (AvgIpc) is 3.11. The lowest BCUT2D eigenvalue weighted by atomic mass is 10.2. The summed E-state index contributed by atoms with van der Waals surface area (Å²) in [5.74, 6) is -0.0711. The zero-order valence-electron chi connectivity index (χ0n) is 16.0. The summed E-state index contributed by atoms with van der Waals surface area (Å²) in [6.07, 6.45) is 0. The maximum absolute atomic E-state index is 12.5. The van der Waals surface area contributed by atoms with Gasteiger partial charge in [0.05, 0.1) is 28.3 Å². The second-order valence-electron chi connectivity index (χ2n) is 6.13. The number of esters is 1. The zero-order valence-corrected chi connectivity index (χ0v) is 16.8. The number of nitro groups is 1. The highest BCUT2D eigenvalue weighted by molar-refractivity contribution is 7.09. The van der Waals surface area contributed by atoms with Crippen molar-refractivity contribution in [3.8, 4) is 17.2 Å². The topological polar surface area (TPSA) is 101 Å². The van der Waals surface area contributed by atoms with Crippen LogP contribution in [0.4, 0.5) is 5.69 Å². The molecule has 0 aliphatic carbocycles. The largest absolute Gasteiger partial charge is 0.493 e. The van der Waals surface area contributed by atoms with E-state index in [4.69, 9.17) is 14.2 Å². The molecule has 0 N–H and O–H groups in total. The highest BCUT2D eigenvalue weighted by Crippen LogP contribution is 2.31. The van der Waals surface area contributed by atoms with E-state index >= 15 is 0 Å². The molecular formula is C20H18N2O6S. The Morgan fingerprint density at radius 3 is 2.59 bits per heavy atom. The monoisotopic (exact) mass is 414 g/mol. The highest BCUT2D eigenvalue weighted by Gasteiger charge is 2.20. The minimum Gasteiger partial charge on any atom is -0.493 e. The molecule has 0 radical (unpaired) electrons. The molecular weight excluding hydrogens is 396 g/mol. The Kier molecular flexibility index (Phi) is 6.08. The van der Waals surface area contributed by atoms with Crippen LogP contribution in [0, 0.1) is 24.0 Å². The molecule has 0 amide bonds. The number of benzene rings is 2. The van der Waals surface area contributed by atoms with Crippen molar-refractivity contribution < 1.29 is 23.9 Å². The van der Waals surface area contributed by atoms with Gasteiger partial charge in [0.25, 0.3) is 0 Å². The van der Waals surface area contributed by atoms with E-state index in [0.717, 1.165) is 16.3 Å². The molecule has 0 aliphatic heterocycles. The van der Waals surface area contributed by atoms with Gasteiger partial charge in [-0.2, -0.15) is 0 Å². The maximum Gasteiger partial charge on any atom is 0.343 e. The lowest BCUT2D eigenvalue weighted by Gasteiger charge is -2.11. The van der Waals surface area contributed by atoms with Gasteiger partial charge >= 0.3 is 11.7 Å². The lowest BCUT2D eigenvalue weighted by molar-refractivity contribution is -0.385. The van der Waals surface area contributed by atoms with Gasteiger partial charge in [-0.25, -0.2) is 9.78 Å². The first-order valence-electron chi connectivity index (χ1n) is 8.56. The Morgan fingerprint density at radius 2 is 1.93 bits per heavy atom. The first kappa shape index (κ1) is 20.3. The van der Waals surface area contributed by atoms with E-state index in [1.165, 1.54) is 42.7 Å². The van der Waals surface area contributed by atoms with Gasteiger partial charge in [0.1, 0.15) is 6.61 Å². The van der Waals surface area contributed by atoms with Crippen LogP contribution < -0.4 is 14.2 Å². The molecule has 1 heterocycles. The van der Waals surface area contributed by atoms with Crippen molar-refractivity contribution in [3.05, 3.63) is 73.7 Å². The molecule has 3 aromatic rings. The smallest absolute Gasteiger partial charge is 0.343 e. The molecule has 8 nitrogen and oxygen atoms in total. The number of rotatable bonds is 7. The van der Waals surface area contributed by atoms with Crippen LogP contribution in [-0.4, -0.2) is 23.0 Å². The normalized spacial score (nSPS) is 10.4. The van der Waals surface area contributed by atoms with Crippen LogP contribution in [-0.2, 0) is 6.61 Å². The number of ether oxygens (including phenoxy) is 3. The fourth-order valence-corrected chi connectivity index (χ4v) is 3.15. The van der Waals surface area contributed by atoms with Crippen LogP contribution in [0.1, 0.15) is 26.6 Å². The Bertz CT molecular complexity index is 1060. The third-order valence-electron chi connectivity index (χ3n) is 3.96. The molecule has 0 fully saturated rings. The Morgan fingerprint density at radius 1 is 1.14 bits per heavy atom. The number of nitrogens with zero attached hydrogens (tertiary/aromatic N) is 2. The van der Waals surface area contributed by atoms with E-state index in [1.807, 2.05) is 12.3 Å². The summed E-state index contributed by atoms with van der Waals surface area (Å²) in [6.45, 7) is 3.92. The molecule has 0 aliphatic rings. The van der Waals surface area contributed by atoms with Crippen molar-refractivity contribution >= 4 is 23.0 Å². The molecule has 2 aromatic carbocycles. The molecule has 29 heavy (non-hydrogen) atoms. The predicted octanol–water partition coefficient (Wildman–Crippen LogP) is 4.47. The first-order chi connectivity index (χ1) is 13.9. The molecule has 0 spiro atoms. The molecule has 0 atom stereocenters. The lowest BCUT2D eigenvalue weighted by Crippen LogP contribution is -2.10. The molecule has 9 heteroatoms. The van der Waals surface area contributed by atoms with Crippen molar-refractivity contribution in [1.82, 2.24) is 4.98 Å². The Labute approximate surface area is 170 Å². The van der Waals surface area contributed by atoms with Gasteiger partial charge in [-0.05, 0) is 43.7 Å². The van der Waals surface area contributed by atoms with Gasteiger partial charge in [-0.1, -0.05) is 6.07 Å². The number of carbonyl (C=O) groups is 1. The van der Waals surface area contributed by atoms with Gasteiger partial charge in [0.2, 0.25) is 5.75 Å². The number of hydrogen-bond donors (Lipinski definition) is 0. The van der Waals surface area contributed by atoms with Crippen molar-refractivity contribution in [2.75, 3.05) is 7.11 Å². The van der Waals surface area contributed by atoms with Crippen LogP contribution in [0.5, 0.6) is 17.2 Å². The van der Waals surface area contributed by atoms with E-state index in [-0.39, 0.29) is 23.6 Å². The van der Waals surface area contributed by atoms with Crippen molar-refractivity contribution in [2.45, 2.75) is 20.5 Å². The second-order valence-corrected chi connectivity index (χ2v) is 7.19. The minimum absolute atomic E-state index is 0.113. The van der Waals surface area contributed by atoms with Gasteiger partial charge in [0, 0.05) is 11.4 Å². The molecule has 0 saturated heterocycles. The van der Waals surface area contributed by atoms with Crippen molar-refractivity contribution in [2.24, 2.45) is 0 Å². The number of thiazole rings is 1. The van der Waals surface area contributed by atoms with E-state index in [1.54, 1.807) is 19.1 Å². The number of hydrogen-bond acceptors (Lipinski definition) is 8. The first-order valence-corrected chi connectivity index (χ1v) is 9.44. The summed E-state index contributed by atoms with van der Waals surface area (Å²) in [5, 5.41) is 14.0. The highest BCUT2D eigenvalue weighted by atomic mass is 32.1. The van der Waals surface area contributed by atoms with Gasteiger partial charge < -0.3 is 14.2 Å². The summed E-state index contributed by atoms with van der Waals surface area (Å²) in [5.41, 5.74) is 1.42. The van der Waals surface area contributed by atoms with Crippen LogP contribution >= 0.6 is 11.3 Å². The number of aromatic nitrogens is 1. The second kappa shape index (κ2) is 8.70. The number of carbonyl (C=O) groups excluding carboxylic acids is 1. The molecule has 150 valence electrons. The number of aryl methyl sites for hydroxylation is 2. The third-order valence-corrected chi connectivity index (χ3v) is 4.78. The predicted molar refractivity (Wildman–Crippen MR) is 107 cm³/mol.